The van der Waals surface area contributed by atoms with Crippen LogP contribution in [0, 0.1) is 0 Å². The normalized spacial score (nSPS) is 11.7. The molecule has 2 aromatic rings. The first-order valence-corrected chi connectivity index (χ1v) is 10.6. The molecule has 0 heterocycles. The Balaban J connectivity index is 2.12. The SMILES string of the molecule is CSCCC(NC(=O)c1ccccc1Cl)C(=O)N(C)Cc1ccccc1Cl. The van der Waals surface area contributed by atoms with Crippen LogP contribution in [-0.4, -0.2) is 41.8 Å². The lowest BCUT2D eigenvalue weighted by Gasteiger charge is -2.25. The van der Waals surface area contributed by atoms with Crippen LogP contribution < -0.4 is 5.32 Å². The predicted octanol–water partition coefficient (Wildman–Crippen LogP) is 4.50. The van der Waals surface area contributed by atoms with Gasteiger partial charge in [0.15, 0.2) is 0 Å². The topological polar surface area (TPSA) is 49.4 Å². The maximum Gasteiger partial charge on any atom is 0.253 e. The highest BCUT2D eigenvalue weighted by molar-refractivity contribution is 7.98. The summed E-state index contributed by atoms with van der Waals surface area (Å²) in [7, 11) is 1.71. The van der Waals surface area contributed by atoms with Gasteiger partial charge in [-0.15, -0.1) is 0 Å². The second-order valence-electron chi connectivity index (χ2n) is 6.07. The van der Waals surface area contributed by atoms with Crippen LogP contribution in [0.25, 0.3) is 0 Å². The minimum absolute atomic E-state index is 0.163. The fourth-order valence-corrected chi connectivity index (χ4v) is 3.49. The maximum atomic E-state index is 12.9. The minimum atomic E-state index is -0.631. The summed E-state index contributed by atoms with van der Waals surface area (Å²) in [5.74, 6) is 0.231. The van der Waals surface area contributed by atoms with Crippen LogP contribution in [0.3, 0.4) is 0 Å². The minimum Gasteiger partial charge on any atom is -0.340 e. The van der Waals surface area contributed by atoms with Crippen molar-refractivity contribution in [2.75, 3.05) is 19.1 Å². The molecule has 2 amide bonds. The van der Waals surface area contributed by atoms with E-state index in [0.717, 1.165) is 11.3 Å². The molecule has 27 heavy (non-hydrogen) atoms. The Labute approximate surface area is 174 Å². The summed E-state index contributed by atoms with van der Waals surface area (Å²) in [5, 5.41) is 3.80. The van der Waals surface area contributed by atoms with Crippen molar-refractivity contribution in [3.05, 3.63) is 69.7 Å². The van der Waals surface area contributed by atoms with Gasteiger partial charge < -0.3 is 10.2 Å². The molecule has 1 atom stereocenters. The van der Waals surface area contributed by atoms with E-state index in [4.69, 9.17) is 23.2 Å². The van der Waals surface area contributed by atoms with Crippen molar-refractivity contribution < 1.29 is 9.59 Å². The molecule has 0 aliphatic carbocycles. The Hall–Kier alpha value is -1.69. The van der Waals surface area contributed by atoms with Crippen molar-refractivity contribution in [2.24, 2.45) is 0 Å². The highest BCUT2D eigenvalue weighted by atomic mass is 35.5. The average molecular weight is 425 g/mol. The number of thioether (sulfide) groups is 1. The van der Waals surface area contributed by atoms with Crippen molar-refractivity contribution in [1.82, 2.24) is 10.2 Å². The van der Waals surface area contributed by atoms with Gasteiger partial charge in [-0.1, -0.05) is 53.5 Å². The van der Waals surface area contributed by atoms with Crippen molar-refractivity contribution in [3.63, 3.8) is 0 Å². The number of likely N-dealkylation sites (N-methyl/N-ethyl adjacent to an activating group) is 1. The number of benzene rings is 2. The molecule has 0 spiro atoms. The smallest absolute Gasteiger partial charge is 0.253 e. The van der Waals surface area contributed by atoms with Gasteiger partial charge in [-0.25, -0.2) is 0 Å². The van der Waals surface area contributed by atoms with E-state index >= 15 is 0 Å². The number of rotatable bonds is 8. The van der Waals surface area contributed by atoms with E-state index in [1.807, 2.05) is 24.5 Å². The first-order chi connectivity index (χ1) is 12.9. The lowest BCUT2D eigenvalue weighted by atomic mass is 10.1. The molecule has 0 saturated carbocycles. The average Bonchev–Trinajstić information content (AvgIpc) is 2.66. The monoisotopic (exact) mass is 424 g/mol. The van der Waals surface area contributed by atoms with Gasteiger partial charge in [-0.3, -0.25) is 9.59 Å². The Morgan fingerprint density at radius 3 is 2.33 bits per heavy atom. The number of hydrogen-bond acceptors (Lipinski definition) is 3. The summed E-state index contributed by atoms with van der Waals surface area (Å²) in [6, 6.07) is 13.6. The van der Waals surface area contributed by atoms with Crippen LogP contribution in [0.5, 0.6) is 0 Å². The van der Waals surface area contributed by atoms with E-state index in [0.29, 0.717) is 28.6 Å². The van der Waals surface area contributed by atoms with Crippen molar-refractivity contribution in [2.45, 2.75) is 19.0 Å². The zero-order valence-electron chi connectivity index (χ0n) is 15.2. The molecule has 1 unspecified atom stereocenters. The summed E-state index contributed by atoms with van der Waals surface area (Å²) < 4.78 is 0. The number of carbonyl (C=O) groups excluding carboxylic acids is 2. The van der Waals surface area contributed by atoms with E-state index in [1.165, 1.54) is 0 Å². The second kappa shape index (κ2) is 10.6. The number of nitrogens with one attached hydrogen (secondary N) is 1. The van der Waals surface area contributed by atoms with Crippen LogP contribution >= 0.6 is 35.0 Å². The van der Waals surface area contributed by atoms with Crippen molar-refractivity contribution in [1.29, 1.82) is 0 Å². The Morgan fingerprint density at radius 1 is 1.07 bits per heavy atom. The fourth-order valence-electron chi connectivity index (χ4n) is 2.60. The molecule has 144 valence electrons. The number of nitrogens with zero attached hydrogens (tertiary/aromatic N) is 1. The lowest BCUT2D eigenvalue weighted by Crippen LogP contribution is -2.47. The summed E-state index contributed by atoms with van der Waals surface area (Å²) in [6.45, 7) is 0.371. The van der Waals surface area contributed by atoms with Crippen LogP contribution in [0.1, 0.15) is 22.3 Å². The maximum absolute atomic E-state index is 12.9. The largest absolute Gasteiger partial charge is 0.340 e. The Kier molecular flexibility index (Phi) is 8.48. The van der Waals surface area contributed by atoms with E-state index in [2.05, 4.69) is 5.32 Å². The van der Waals surface area contributed by atoms with Gasteiger partial charge in [0.05, 0.1) is 10.6 Å². The Morgan fingerprint density at radius 2 is 1.70 bits per heavy atom. The quantitative estimate of drug-likeness (QED) is 0.678. The zero-order valence-corrected chi connectivity index (χ0v) is 17.6. The first-order valence-electron chi connectivity index (χ1n) is 8.46. The van der Waals surface area contributed by atoms with Gasteiger partial charge in [0.2, 0.25) is 5.91 Å². The molecule has 0 bridgehead atoms. The zero-order chi connectivity index (χ0) is 19.8. The third-order valence-electron chi connectivity index (χ3n) is 4.07. The molecule has 0 radical (unpaired) electrons. The molecular weight excluding hydrogens is 403 g/mol. The van der Waals surface area contributed by atoms with Crippen LogP contribution in [0.15, 0.2) is 48.5 Å². The van der Waals surface area contributed by atoms with Crippen LogP contribution in [0.4, 0.5) is 0 Å². The van der Waals surface area contributed by atoms with Gasteiger partial charge in [-0.05, 0) is 42.2 Å². The van der Waals surface area contributed by atoms with Crippen LogP contribution in [0.2, 0.25) is 10.0 Å². The van der Waals surface area contributed by atoms with Gasteiger partial charge in [0.25, 0.3) is 5.91 Å². The molecule has 0 fully saturated rings. The van der Waals surface area contributed by atoms with E-state index in [-0.39, 0.29) is 11.8 Å². The van der Waals surface area contributed by atoms with Gasteiger partial charge in [0.1, 0.15) is 6.04 Å². The molecule has 0 aliphatic heterocycles. The molecule has 0 saturated heterocycles. The third-order valence-corrected chi connectivity index (χ3v) is 5.42. The van der Waals surface area contributed by atoms with Crippen molar-refractivity contribution >= 4 is 46.8 Å². The highest BCUT2D eigenvalue weighted by Crippen LogP contribution is 2.18. The van der Waals surface area contributed by atoms with Gasteiger partial charge in [-0.2, -0.15) is 11.8 Å². The summed E-state index contributed by atoms with van der Waals surface area (Å²) in [6.07, 6.45) is 2.49. The third kappa shape index (κ3) is 6.16. The molecule has 0 aliphatic rings. The number of carbonyl (C=O) groups is 2. The summed E-state index contributed by atoms with van der Waals surface area (Å²) in [4.78, 5) is 27.1. The standard InChI is InChI=1S/C20H22Cl2N2O2S/c1-24(13-14-7-3-5-9-16(14)21)20(26)18(11-12-27-2)23-19(25)15-8-4-6-10-17(15)22/h3-10,18H,11-13H2,1-2H3,(H,23,25). The van der Waals surface area contributed by atoms with E-state index in [1.54, 1.807) is 54.0 Å². The fraction of sp³-hybridized carbons (Fsp3) is 0.300. The highest BCUT2D eigenvalue weighted by Gasteiger charge is 2.25. The Bertz CT molecular complexity index is 801. The summed E-state index contributed by atoms with van der Waals surface area (Å²) in [5.41, 5.74) is 1.21. The molecule has 0 aromatic heterocycles. The molecule has 2 rings (SSSR count). The molecule has 4 nitrogen and oxygen atoms in total. The van der Waals surface area contributed by atoms with Crippen molar-refractivity contribution in [3.8, 4) is 0 Å². The van der Waals surface area contributed by atoms with E-state index < -0.39 is 6.04 Å². The summed E-state index contributed by atoms with van der Waals surface area (Å²) >= 11 is 13.9. The van der Waals surface area contributed by atoms with Gasteiger partial charge in [0, 0.05) is 18.6 Å². The molecular formula is C20H22Cl2N2O2S. The van der Waals surface area contributed by atoms with E-state index in [9.17, 15) is 9.59 Å². The molecule has 1 N–H and O–H groups in total. The number of hydrogen-bond donors (Lipinski definition) is 1. The van der Waals surface area contributed by atoms with Crippen LogP contribution in [-0.2, 0) is 11.3 Å². The predicted molar refractivity (Wildman–Crippen MR) is 114 cm³/mol. The molecule has 7 heteroatoms. The molecule has 2 aromatic carbocycles. The second-order valence-corrected chi connectivity index (χ2v) is 7.87. The van der Waals surface area contributed by atoms with Gasteiger partial charge >= 0.3 is 0 Å². The number of amides is 2. The number of halogens is 2. The first kappa shape index (κ1) is 21.6. The lowest BCUT2D eigenvalue weighted by molar-refractivity contribution is -0.132.